The van der Waals surface area contributed by atoms with Gasteiger partial charge in [-0.05, 0) is 43.4 Å². The fourth-order valence-corrected chi connectivity index (χ4v) is 3.19. The predicted octanol–water partition coefficient (Wildman–Crippen LogP) is 2.32. The van der Waals surface area contributed by atoms with E-state index in [1.807, 2.05) is 0 Å². The highest BCUT2D eigenvalue weighted by Crippen LogP contribution is 2.32. The number of fused-ring (bicyclic) bond motifs is 2. The summed E-state index contributed by atoms with van der Waals surface area (Å²) in [7, 11) is 0. The van der Waals surface area contributed by atoms with Gasteiger partial charge in [-0.3, -0.25) is 4.79 Å². The third-order valence-corrected chi connectivity index (χ3v) is 4.80. The zero-order chi connectivity index (χ0) is 13.1. The zero-order valence-electron chi connectivity index (χ0n) is 12.0. The summed E-state index contributed by atoms with van der Waals surface area (Å²) < 4.78 is 0. The van der Waals surface area contributed by atoms with Crippen LogP contribution in [0.4, 0.5) is 0 Å². The Labute approximate surface area is 111 Å². The average Bonchev–Trinajstić information content (AvgIpc) is 2.65. The molecule has 0 aromatic rings. The van der Waals surface area contributed by atoms with Crippen LogP contribution >= 0.6 is 0 Å². The standard InChI is InChI=1S/C15H28N2O/c1-10(2)11(3)9-16-15(18)8-12-6-13-4-5-14(7-12)17-13/h10-14,17H,4-9H2,1-3H3,(H,16,18). The summed E-state index contributed by atoms with van der Waals surface area (Å²) in [6.45, 7) is 7.45. The van der Waals surface area contributed by atoms with E-state index in [2.05, 4.69) is 31.4 Å². The Morgan fingerprint density at radius 1 is 1.22 bits per heavy atom. The molecule has 2 fully saturated rings. The molecule has 3 unspecified atom stereocenters. The van der Waals surface area contributed by atoms with Crippen molar-refractivity contribution in [3.05, 3.63) is 0 Å². The fourth-order valence-electron chi connectivity index (χ4n) is 3.19. The molecular formula is C15H28N2O. The largest absolute Gasteiger partial charge is 0.356 e. The third-order valence-electron chi connectivity index (χ3n) is 4.80. The van der Waals surface area contributed by atoms with Crippen LogP contribution in [0.3, 0.4) is 0 Å². The molecule has 2 N–H and O–H groups in total. The smallest absolute Gasteiger partial charge is 0.220 e. The van der Waals surface area contributed by atoms with E-state index in [1.165, 1.54) is 25.7 Å². The van der Waals surface area contributed by atoms with Gasteiger partial charge in [-0.1, -0.05) is 20.8 Å². The van der Waals surface area contributed by atoms with E-state index in [-0.39, 0.29) is 5.91 Å². The molecule has 0 saturated carbocycles. The lowest BCUT2D eigenvalue weighted by molar-refractivity contribution is -0.122. The van der Waals surface area contributed by atoms with E-state index < -0.39 is 0 Å². The van der Waals surface area contributed by atoms with E-state index in [4.69, 9.17) is 0 Å². The van der Waals surface area contributed by atoms with Crippen LogP contribution in [-0.4, -0.2) is 24.5 Å². The maximum Gasteiger partial charge on any atom is 0.220 e. The monoisotopic (exact) mass is 252 g/mol. The number of rotatable bonds is 5. The van der Waals surface area contributed by atoms with Gasteiger partial charge in [0.25, 0.3) is 0 Å². The van der Waals surface area contributed by atoms with E-state index in [1.54, 1.807) is 0 Å². The van der Waals surface area contributed by atoms with Crippen molar-refractivity contribution in [2.45, 2.75) is 65.0 Å². The highest BCUT2D eigenvalue weighted by Gasteiger charge is 2.34. The second kappa shape index (κ2) is 6.05. The molecule has 2 heterocycles. The maximum atomic E-state index is 11.9. The van der Waals surface area contributed by atoms with Gasteiger partial charge in [0.15, 0.2) is 0 Å². The highest BCUT2D eigenvalue weighted by atomic mass is 16.1. The molecule has 2 aliphatic heterocycles. The first kappa shape index (κ1) is 13.9. The summed E-state index contributed by atoms with van der Waals surface area (Å²) in [6, 6.07) is 1.38. The Balaban J connectivity index is 1.68. The van der Waals surface area contributed by atoms with Crippen molar-refractivity contribution in [1.29, 1.82) is 0 Å². The Kier molecular flexibility index (Phi) is 4.66. The van der Waals surface area contributed by atoms with Crippen molar-refractivity contribution in [2.24, 2.45) is 17.8 Å². The minimum absolute atomic E-state index is 0.258. The maximum absolute atomic E-state index is 11.9. The number of piperidine rings is 1. The zero-order valence-corrected chi connectivity index (χ0v) is 12.0. The van der Waals surface area contributed by atoms with E-state index >= 15 is 0 Å². The molecule has 2 bridgehead atoms. The summed E-state index contributed by atoms with van der Waals surface area (Å²) in [4.78, 5) is 11.9. The Bertz CT molecular complexity index is 278. The van der Waals surface area contributed by atoms with Crippen molar-refractivity contribution >= 4 is 5.91 Å². The summed E-state index contributed by atoms with van der Waals surface area (Å²) in [5.41, 5.74) is 0. The number of carbonyl (C=O) groups excluding carboxylic acids is 1. The molecule has 0 radical (unpaired) electrons. The molecule has 104 valence electrons. The Morgan fingerprint density at radius 2 is 1.83 bits per heavy atom. The normalized spacial score (nSPS) is 32.6. The van der Waals surface area contributed by atoms with E-state index in [0.29, 0.717) is 29.8 Å². The van der Waals surface area contributed by atoms with E-state index in [0.717, 1.165) is 13.0 Å². The number of amides is 1. The molecule has 0 aromatic carbocycles. The lowest BCUT2D eigenvalue weighted by Crippen LogP contribution is -2.40. The van der Waals surface area contributed by atoms with Crippen LogP contribution in [-0.2, 0) is 4.79 Å². The third kappa shape index (κ3) is 3.71. The van der Waals surface area contributed by atoms with Crippen molar-refractivity contribution in [3.8, 4) is 0 Å². The summed E-state index contributed by atoms with van der Waals surface area (Å²) in [5, 5.41) is 6.73. The first-order valence-corrected chi connectivity index (χ1v) is 7.57. The second-order valence-corrected chi connectivity index (χ2v) is 6.70. The van der Waals surface area contributed by atoms with Gasteiger partial charge >= 0.3 is 0 Å². The topological polar surface area (TPSA) is 41.1 Å². The first-order chi connectivity index (χ1) is 8.54. The summed E-state index contributed by atoms with van der Waals surface area (Å²) in [5.74, 6) is 2.07. The van der Waals surface area contributed by atoms with Gasteiger partial charge in [0.1, 0.15) is 0 Å². The molecular weight excluding hydrogens is 224 g/mol. The average molecular weight is 252 g/mol. The molecule has 18 heavy (non-hydrogen) atoms. The van der Waals surface area contributed by atoms with Gasteiger partial charge in [0, 0.05) is 25.0 Å². The quantitative estimate of drug-likeness (QED) is 0.788. The molecule has 2 saturated heterocycles. The van der Waals surface area contributed by atoms with Crippen molar-refractivity contribution < 1.29 is 4.79 Å². The van der Waals surface area contributed by atoms with Crippen molar-refractivity contribution in [1.82, 2.24) is 10.6 Å². The van der Waals surface area contributed by atoms with Gasteiger partial charge in [-0.15, -0.1) is 0 Å². The van der Waals surface area contributed by atoms with Gasteiger partial charge in [-0.25, -0.2) is 0 Å². The van der Waals surface area contributed by atoms with Gasteiger partial charge in [0.2, 0.25) is 5.91 Å². The molecule has 0 spiro atoms. The van der Waals surface area contributed by atoms with E-state index in [9.17, 15) is 4.79 Å². The molecule has 3 nitrogen and oxygen atoms in total. The lowest BCUT2D eigenvalue weighted by Gasteiger charge is -2.28. The van der Waals surface area contributed by atoms with Crippen LogP contribution in [0.25, 0.3) is 0 Å². The van der Waals surface area contributed by atoms with Crippen LogP contribution in [0.2, 0.25) is 0 Å². The Morgan fingerprint density at radius 3 is 2.39 bits per heavy atom. The fraction of sp³-hybridized carbons (Fsp3) is 0.933. The number of nitrogens with one attached hydrogen (secondary N) is 2. The van der Waals surface area contributed by atoms with Gasteiger partial charge in [0.05, 0.1) is 0 Å². The minimum atomic E-state index is 0.258. The molecule has 2 aliphatic rings. The van der Waals surface area contributed by atoms with Crippen LogP contribution in [0.1, 0.15) is 52.9 Å². The predicted molar refractivity (Wildman–Crippen MR) is 74.3 cm³/mol. The van der Waals surface area contributed by atoms with Crippen molar-refractivity contribution in [2.75, 3.05) is 6.54 Å². The molecule has 1 amide bonds. The van der Waals surface area contributed by atoms with Crippen LogP contribution in [0.5, 0.6) is 0 Å². The first-order valence-electron chi connectivity index (χ1n) is 7.57. The molecule has 2 rings (SSSR count). The molecule has 3 atom stereocenters. The van der Waals surface area contributed by atoms with Crippen LogP contribution in [0, 0.1) is 17.8 Å². The lowest BCUT2D eigenvalue weighted by atomic mass is 9.89. The van der Waals surface area contributed by atoms with Crippen molar-refractivity contribution in [3.63, 3.8) is 0 Å². The number of hydrogen-bond acceptors (Lipinski definition) is 2. The van der Waals surface area contributed by atoms with Gasteiger partial charge in [-0.2, -0.15) is 0 Å². The van der Waals surface area contributed by atoms with Crippen LogP contribution in [0.15, 0.2) is 0 Å². The van der Waals surface area contributed by atoms with Crippen LogP contribution < -0.4 is 10.6 Å². The van der Waals surface area contributed by atoms with Gasteiger partial charge < -0.3 is 10.6 Å². The second-order valence-electron chi connectivity index (χ2n) is 6.70. The highest BCUT2D eigenvalue weighted by molar-refractivity contribution is 5.76. The SMILES string of the molecule is CC(C)C(C)CNC(=O)CC1CC2CCC(C1)N2. The number of carbonyl (C=O) groups is 1. The summed E-state index contributed by atoms with van der Waals surface area (Å²) in [6.07, 6.45) is 5.76. The molecule has 0 aliphatic carbocycles. The Hall–Kier alpha value is -0.570. The number of hydrogen-bond donors (Lipinski definition) is 2. The molecule has 3 heteroatoms. The summed E-state index contributed by atoms with van der Waals surface area (Å²) >= 11 is 0. The minimum Gasteiger partial charge on any atom is -0.356 e. The molecule has 0 aromatic heterocycles.